The fourth-order valence-electron chi connectivity index (χ4n) is 2.71. The Hall–Kier alpha value is -1.10. The quantitative estimate of drug-likeness (QED) is 0.878. The van der Waals surface area contributed by atoms with Crippen LogP contribution in [0.4, 0.5) is 4.39 Å². The van der Waals surface area contributed by atoms with E-state index in [0.29, 0.717) is 15.8 Å². The molecule has 0 saturated heterocycles. The van der Waals surface area contributed by atoms with Gasteiger partial charge in [-0.3, -0.25) is 4.79 Å². The van der Waals surface area contributed by atoms with Gasteiger partial charge in [-0.25, -0.2) is 4.39 Å². The van der Waals surface area contributed by atoms with E-state index >= 15 is 0 Å². The van der Waals surface area contributed by atoms with Crippen molar-refractivity contribution in [2.45, 2.75) is 50.0 Å². The number of ether oxygens (including phenoxy) is 1. The van der Waals surface area contributed by atoms with Crippen molar-refractivity contribution >= 4 is 21.9 Å². The number of carboxylic acid groups (broad SMARTS) is 1. The highest BCUT2D eigenvalue weighted by Crippen LogP contribution is 2.55. The Labute approximate surface area is 125 Å². The van der Waals surface area contributed by atoms with Crippen molar-refractivity contribution in [3.63, 3.8) is 0 Å². The second-order valence-electron chi connectivity index (χ2n) is 5.79. The Kier molecular flexibility index (Phi) is 3.48. The fourth-order valence-corrected chi connectivity index (χ4v) is 3.24. The van der Waals surface area contributed by atoms with E-state index in [-0.39, 0.29) is 18.3 Å². The van der Waals surface area contributed by atoms with Crippen LogP contribution in [0.2, 0.25) is 0 Å². The molecule has 2 aliphatic rings. The zero-order valence-electron chi connectivity index (χ0n) is 11.0. The number of hydrogen-bond acceptors (Lipinski definition) is 2. The van der Waals surface area contributed by atoms with E-state index in [2.05, 4.69) is 15.9 Å². The Morgan fingerprint density at radius 3 is 2.65 bits per heavy atom. The molecule has 108 valence electrons. The van der Waals surface area contributed by atoms with Crippen molar-refractivity contribution < 1.29 is 19.0 Å². The molecule has 1 aromatic rings. The van der Waals surface area contributed by atoms with Crippen LogP contribution in [0.3, 0.4) is 0 Å². The van der Waals surface area contributed by atoms with Crippen molar-refractivity contribution in [3.05, 3.63) is 28.0 Å². The van der Waals surface area contributed by atoms with Crippen LogP contribution in [0.15, 0.2) is 16.6 Å². The molecule has 2 fully saturated rings. The van der Waals surface area contributed by atoms with Gasteiger partial charge in [0.05, 0.1) is 17.0 Å². The van der Waals surface area contributed by atoms with Gasteiger partial charge in [0, 0.05) is 11.0 Å². The third-order valence-electron chi connectivity index (χ3n) is 4.26. The molecule has 1 N–H and O–H groups in total. The van der Waals surface area contributed by atoms with Gasteiger partial charge in [0.15, 0.2) is 0 Å². The normalized spacial score (nSPS) is 20.3. The highest BCUT2D eigenvalue weighted by atomic mass is 79.9. The minimum Gasteiger partial charge on any atom is -0.489 e. The highest BCUT2D eigenvalue weighted by Gasteiger charge is 2.48. The van der Waals surface area contributed by atoms with Crippen LogP contribution in [0.1, 0.15) is 44.1 Å². The molecule has 5 heteroatoms. The zero-order chi connectivity index (χ0) is 14.3. The fraction of sp³-hybridized carbons (Fsp3) is 0.533. The largest absolute Gasteiger partial charge is 0.489 e. The minimum atomic E-state index is -0.850. The van der Waals surface area contributed by atoms with E-state index in [1.54, 1.807) is 0 Å². The molecule has 0 bridgehead atoms. The molecular weight excluding hydrogens is 327 g/mol. The molecule has 20 heavy (non-hydrogen) atoms. The molecule has 1 aromatic carbocycles. The van der Waals surface area contributed by atoms with Crippen molar-refractivity contribution in [1.82, 2.24) is 0 Å². The van der Waals surface area contributed by atoms with Crippen LogP contribution in [0.5, 0.6) is 5.75 Å². The Morgan fingerprint density at radius 2 is 2.15 bits per heavy atom. The topological polar surface area (TPSA) is 46.5 Å². The molecular formula is C15H16BrFO3. The first-order valence-electron chi connectivity index (χ1n) is 6.88. The number of rotatable bonds is 5. The zero-order valence-corrected chi connectivity index (χ0v) is 12.6. The number of halogens is 2. The third kappa shape index (κ3) is 2.55. The average Bonchev–Trinajstić information content (AvgIpc) is 3.04. The van der Waals surface area contributed by atoms with Crippen molar-refractivity contribution in [2.24, 2.45) is 0 Å². The standard InChI is InChI=1S/C15H16BrFO3/c16-12-7-9(17)6-11(14(12)20-10-2-1-3-10)15(4-5-15)8-13(18)19/h6-7,10H,1-5,8H2,(H,18,19). The summed E-state index contributed by atoms with van der Waals surface area (Å²) < 4.78 is 20.3. The van der Waals surface area contributed by atoms with E-state index in [1.807, 2.05) is 0 Å². The monoisotopic (exact) mass is 342 g/mol. The molecule has 0 aliphatic heterocycles. The van der Waals surface area contributed by atoms with Crippen molar-refractivity contribution in [2.75, 3.05) is 0 Å². The van der Waals surface area contributed by atoms with Crippen LogP contribution < -0.4 is 4.74 Å². The van der Waals surface area contributed by atoms with Gasteiger partial charge in [-0.05, 0) is 60.2 Å². The Balaban J connectivity index is 1.97. The van der Waals surface area contributed by atoms with Crippen LogP contribution >= 0.6 is 15.9 Å². The second kappa shape index (κ2) is 5.02. The smallest absolute Gasteiger partial charge is 0.304 e. The summed E-state index contributed by atoms with van der Waals surface area (Å²) in [6.07, 6.45) is 4.93. The molecule has 3 rings (SSSR count). The van der Waals surface area contributed by atoms with Gasteiger partial charge in [0.2, 0.25) is 0 Å². The van der Waals surface area contributed by atoms with Gasteiger partial charge in [-0.1, -0.05) is 0 Å². The van der Waals surface area contributed by atoms with Gasteiger partial charge in [0.25, 0.3) is 0 Å². The summed E-state index contributed by atoms with van der Waals surface area (Å²) in [5.41, 5.74) is 0.258. The van der Waals surface area contributed by atoms with E-state index in [9.17, 15) is 9.18 Å². The number of hydrogen-bond donors (Lipinski definition) is 1. The molecule has 0 aromatic heterocycles. The lowest BCUT2D eigenvalue weighted by Gasteiger charge is -2.29. The van der Waals surface area contributed by atoms with Crippen molar-refractivity contribution in [3.8, 4) is 5.75 Å². The first-order chi connectivity index (χ1) is 9.50. The summed E-state index contributed by atoms with van der Waals surface area (Å²) >= 11 is 3.35. The predicted molar refractivity (Wildman–Crippen MR) is 75.5 cm³/mol. The summed E-state index contributed by atoms with van der Waals surface area (Å²) in [6.45, 7) is 0. The third-order valence-corrected chi connectivity index (χ3v) is 4.85. The molecule has 2 aliphatic carbocycles. The van der Waals surface area contributed by atoms with Gasteiger partial charge >= 0.3 is 5.97 Å². The summed E-state index contributed by atoms with van der Waals surface area (Å²) in [7, 11) is 0. The van der Waals surface area contributed by atoms with E-state index in [0.717, 1.165) is 32.1 Å². The Morgan fingerprint density at radius 1 is 1.45 bits per heavy atom. The molecule has 0 radical (unpaired) electrons. The molecule has 0 spiro atoms. The number of benzene rings is 1. The van der Waals surface area contributed by atoms with Gasteiger partial charge in [-0.2, -0.15) is 0 Å². The van der Waals surface area contributed by atoms with Gasteiger partial charge in [0.1, 0.15) is 11.6 Å². The Bertz CT molecular complexity index is 550. The lowest BCUT2D eigenvalue weighted by molar-refractivity contribution is -0.137. The number of carboxylic acids is 1. The lowest BCUT2D eigenvalue weighted by atomic mass is 9.90. The molecule has 0 atom stereocenters. The molecule has 0 unspecified atom stereocenters. The van der Waals surface area contributed by atoms with Crippen molar-refractivity contribution in [1.29, 1.82) is 0 Å². The maximum Gasteiger partial charge on any atom is 0.304 e. The van der Waals surface area contributed by atoms with E-state index in [4.69, 9.17) is 9.84 Å². The highest BCUT2D eigenvalue weighted by molar-refractivity contribution is 9.10. The summed E-state index contributed by atoms with van der Waals surface area (Å²) in [5.74, 6) is -0.572. The summed E-state index contributed by atoms with van der Waals surface area (Å²) in [5, 5.41) is 9.07. The first-order valence-corrected chi connectivity index (χ1v) is 7.67. The van der Waals surface area contributed by atoms with Crippen LogP contribution in [-0.2, 0) is 10.2 Å². The maximum atomic E-state index is 13.7. The van der Waals surface area contributed by atoms with Crippen LogP contribution in [-0.4, -0.2) is 17.2 Å². The maximum absolute atomic E-state index is 13.7. The molecule has 0 amide bonds. The molecule has 0 heterocycles. The minimum absolute atomic E-state index is 0.0317. The van der Waals surface area contributed by atoms with E-state index < -0.39 is 11.4 Å². The number of aliphatic carboxylic acids is 1. The SMILES string of the molecule is O=C(O)CC1(c2cc(F)cc(Br)c2OC2CCC2)CC1. The van der Waals surface area contributed by atoms with Gasteiger partial charge < -0.3 is 9.84 Å². The van der Waals surface area contributed by atoms with Gasteiger partial charge in [-0.15, -0.1) is 0 Å². The van der Waals surface area contributed by atoms with E-state index in [1.165, 1.54) is 12.1 Å². The average molecular weight is 343 g/mol. The lowest BCUT2D eigenvalue weighted by Crippen LogP contribution is -2.26. The van der Waals surface area contributed by atoms with Crippen LogP contribution in [0.25, 0.3) is 0 Å². The first kappa shape index (κ1) is 13.9. The predicted octanol–water partition coefficient (Wildman–Crippen LogP) is 4.03. The molecule has 2 saturated carbocycles. The summed E-state index contributed by atoms with van der Waals surface area (Å²) in [6, 6.07) is 2.82. The van der Waals surface area contributed by atoms with Crippen LogP contribution in [0, 0.1) is 5.82 Å². The number of carbonyl (C=O) groups is 1. The second-order valence-corrected chi connectivity index (χ2v) is 6.64. The molecule has 3 nitrogen and oxygen atoms in total. The summed E-state index contributed by atoms with van der Waals surface area (Å²) in [4.78, 5) is 11.1.